The standard InChI is InChI=1S/C25H25NO6S/c1-29-20-13-8-16(14-23(20)32-4)19(27)15-33-18-11-9-17(10-12-18)26-25(28)24-21(30-2)6-5-7-22(24)31-3/h5-14H,15H2,1-4H3,(H,26,28). The van der Waals surface area contributed by atoms with Crippen molar-refractivity contribution < 1.29 is 28.5 Å². The van der Waals surface area contributed by atoms with Crippen LogP contribution in [0.15, 0.2) is 65.6 Å². The number of benzene rings is 3. The molecule has 8 heteroatoms. The van der Waals surface area contributed by atoms with Crippen LogP contribution >= 0.6 is 11.8 Å². The molecule has 1 N–H and O–H groups in total. The summed E-state index contributed by atoms with van der Waals surface area (Å²) < 4.78 is 21.1. The van der Waals surface area contributed by atoms with Crippen LogP contribution in [-0.4, -0.2) is 45.9 Å². The number of nitrogens with one attached hydrogen (secondary N) is 1. The van der Waals surface area contributed by atoms with E-state index in [1.165, 1.54) is 33.1 Å². The molecule has 0 aliphatic rings. The van der Waals surface area contributed by atoms with Gasteiger partial charge in [-0.25, -0.2) is 0 Å². The molecule has 3 aromatic carbocycles. The van der Waals surface area contributed by atoms with Gasteiger partial charge in [0.2, 0.25) is 0 Å². The van der Waals surface area contributed by atoms with Crippen molar-refractivity contribution in [2.45, 2.75) is 4.90 Å². The second kappa shape index (κ2) is 11.3. The lowest BCUT2D eigenvalue weighted by Gasteiger charge is -2.13. The Morgan fingerprint density at radius 1 is 0.758 bits per heavy atom. The van der Waals surface area contributed by atoms with Crippen LogP contribution in [0.5, 0.6) is 23.0 Å². The fraction of sp³-hybridized carbons (Fsp3) is 0.200. The van der Waals surface area contributed by atoms with Gasteiger partial charge >= 0.3 is 0 Å². The van der Waals surface area contributed by atoms with Gasteiger partial charge in [-0.15, -0.1) is 11.8 Å². The number of amides is 1. The average molecular weight is 468 g/mol. The lowest BCUT2D eigenvalue weighted by molar-refractivity contribution is 0.101. The molecular weight excluding hydrogens is 442 g/mol. The molecule has 0 atom stereocenters. The van der Waals surface area contributed by atoms with Crippen LogP contribution in [0, 0.1) is 0 Å². The van der Waals surface area contributed by atoms with Gasteiger partial charge < -0.3 is 24.3 Å². The van der Waals surface area contributed by atoms with Crippen LogP contribution in [0.4, 0.5) is 5.69 Å². The fourth-order valence-corrected chi connectivity index (χ4v) is 3.94. The normalized spacial score (nSPS) is 10.3. The Kier molecular flexibility index (Phi) is 8.21. The summed E-state index contributed by atoms with van der Waals surface area (Å²) in [5.74, 6) is 1.83. The van der Waals surface area contributed by atoms with Crippen molar-refractivity contribution in [3.63, 3.8) is 0 Å². The third-order valence-corrected chi connectivity index (χ3v) is 5.85. The van der Waals surface area contributed by atoms with Gasteiger partial charge in [-0.05, 0) is 54.6 Å². The van der Waals surface area contributed by atoms with Gasteiger partial charge in [0.25, 0.3) is 5.91 Å². The van der Waals surface area contributed by atoms with Gasteiger partial charge in [-0.2, -0.15) is 0 Å². The van der Waals surface area contributed by atoms with E-state index in [0.29, 0.717) is 39.8 Å². The highest BCUT2D eigenvalue weighted by atomic mass is 32.2. The van der Waals surface area contributed by atoms with Crippen LogP contribution < -0.4 is 24.3 Å². The smallest absolute Gasteiger partial charge is 0.263 e. The number of hydrogen-bond donors (Lipinski definition) is 1. The highest BCUT2D eigenvalue weighted by molar-refractivity contribution is 8.00. The van der Waals surface area contributed by atoms with E-state index < -0.39 is 0 Å². The lowest BCUT2D eigenvalue weighted by Crippen LogP contribution is -2.14. The van der Waals surface area contributed by atoms with E-state index in [4.69, 9.17) is 18.9 Å². The van der Waals surface area contributed by atoms with Gasteiger partial charge in [0.15, 0.2) is 17.3 Å². The summed E-state index contributed by atoms with van der Waals surface area (Å²) in [4.78, 5) is 26.3. The molecule has 0 saturated carbocycles. The molecule has 3 aromatic rings. The Morgan fingerprint density at radius 3 is 1.94 bits per heavy atom. The zero-order chi connectivity index (χ0) is 23.8. The number of ether oxygens (including phenoxy) is 4. The van der Waals surface area contributed by atoms with Crippen LogP contribution in [0.25, 0.3) is 0 Å². The molecule has 33 heavy (non-hydrogen) atoms. The predicted molar refractivity (Wildman–Crippen MR) is 129 cm³/mol. The van der Waals surface area contributed by atoms with Crippen molar-refractivity contribution in [1.29, 1.82) is 0 Å². The fourth-order valence-electron chi connectivity index (χ4n) is 3.14. The van der Waals surface area contributed by atoms with Gasteiger partial charge in [-0.1, -0.05) is 6.07 Å². The highest BCUT2D eigenvalue weighted by Crippen LogP contribution is 2.30. The van der Waals surface area contributed by atoms with Crippen LogP contribution in [-0.2, 0) is 0 Å². The van der Waals surface area contributed by atoms with Crippen LogP contribution in [0.3, 0.4) is 0 Å². The molecule has 0 aliphatic heterocycles. The number of thioether (sulfide) groups is 1. The predicted octanol–water partition coefficient (Wildman–Crippen LogP) is 4.95. The molecule has 0 unspecified atom stereocenters. The Hall–Kier alpha value is -3.65. The molecule has 0 bridgehead atoms. The first-order chi connectivity index (χ1) is 16.0. The molecule has 0 radical (unpaired) electrons. The highest BCUT2D eigenvalue weighted by Gasteiger charge is 2.18. The molecule has 0 aliphatic carbocycles. The topological polar surface area (TPSA) is 83.1 Å². The molecule has 172 valence electrons. The number of methoxy groups -OCH3 is 4. The Morgan fingerprint density at radius 2 is 1.36 bits per heavy atom. The first-order valence-corrected chi connectivity index (χ1v) is 11.0. The van der Waals surface area contributed by atoms with E-state index >= 15 is 0 Å². The quantitative estimate of drug-likeness (QED) is 0.334. The van der Waals surface area contributed by atoms with E-state index in [1.807, 2.05) is 12.1 Å². The van der Waals surface area contributed by atoms with Crippen molar-refractivity contribution in [2.24, 2.45) is 0 Å². The van der Waals surface area contributed by atoms with Crippen LogP contribution in [0.1, 0.15) is 20.7 Å². The van der Waals surface area contributed by atoms with E-state index in [1.54, 1.807) is 55.6 Å². The summed E-state index contributed by atoms with van der Waals surface area (Å²) in [5.41, 5.74) is 1.49. The van der Waals surface area contributed by atoms with E-state index in [0.717, 1.165) is 4.90 Å². The third-order valence-electron chi connectivity index (χ3n) is 4.84. The number of ketones is 1. The second-order valence-corrected chi connectivity index (χ2v) is 7.85. The minimum atomic E-state index is -0.340. The number of carbonyl (C=O) groups is 2. The Bertz CT molecular complexity index is 1110. The monoisotopic (exact) mass is 467 g/mol. The van der Waals surface area contributed by atoms with E-state index in [-0.39, 0.29) is 17.4 Å². The van der Waals surface area contributed by atoms with Gasteiger partial charge in [0, 0.05) is 16.1 Å². The molecule has 3 rings (SSSR count). The maximum absolute atomic E-state index is 12.8. The van der Waals surface area contributed by atoms with Gasteiger partial charge in [-0.3, -0.25) is 9.59 Å². The Labute approximate surface area is 197 Å². The molecule has 0 saturated heterocycles. The summed E-state index contributed by atoms with van der Waals surface area (Å²) in [6.07, 6.45) is 0. The average Bonchev–Trinajstić information content (AvgIpc) is 2.86. The Balaban J connectivity index is 1.63. The van der Waals surface area contributed by atoms with E-state index in [9.17, 15) is 9.59 Å². The molecular formula is C25H25NO6S. The molecule has 0 aromatic heterocycles. The summed E-state index contributed by atoms with van der Waals surface area (Å²) in [5, 5.41) is 2.85. The second-order valence-electron chi connectivity index (χ2n) is 6.80. The van der Waals surface area contributed by atoms with Gasteiger partial charge in [0.1, 0.15) is 17.1 Å². The summed E-state index contributed by atoms with van der Waals surface area (Å²) in [6, 6.07) is 17.5. The number of carbonyl (C=O) groups excluding carboxylic acids is 2. The van der Waals surface area contributed by atoms with Crippen molar-refractivity contribution in [3.8, 4) is 23.0 Å². The van der Waals surface area contributed by atoms with Crippen molar-refractivity contribution >= 4 is 29.1 Å². The largest absolute Gasteiger partial charge is 0.496 e. The van der Waals surface area contributed by atoms with E-state index in [2.05, 4.69) is 5.32 Å². The van der Waals surface area contributed by atoms with Crippen molar-refractivity contribution in [2.75, 3.05) is 39.5 Å². The minimum Gasteiger partial charge on any atom is -0.496 e. The molecule has 0 fully saturated rings. The number of anilines is 1. The lowest BCUT2D eigenvalue weighted by atomic mass is 10.1. The third kappa shape index (κ3) is 5.78. The molecule has 7 nitrogen and oxygen atoms in total. The van der Waals surface area contributed by atoms with Crippen molar-refractivity contribution in [1.82, 2.24) is 0 Å². The first kappa shape index (κ1) is 24.0. The zero-order valence-electron chi connectivity index (χ0n) is 18.8. The molecule has 0 heterocycles. The summed E-state index contributed by atoms with van der Waals surface area (Å²) in [6.45, 7) is 0. The molecule has 1 amide bonds. The van der Waals surface area contributed by atoms with Gasteiger partial charge in [0.05, 0.1) is 34.2 Å². The maximum atomic E-state index is 12.8. The summed E-state index contributed by atoms with van der Waals surface area (Å²) >= 11 is 1.41. The minimum absolute atomic E-state index is 0.0263. The number of hydrogen-bond acceptors (Lipinski definition) is 7. The summed E-state index contributed by atoms with van der Waals surface area (Å²) in [7, 11) is 6.08. The maximum Gasteiger partial charge on any atom is 0.263 e. The van der Waals surface area contributed by atoms with Crippen LogP contribution in [0.2, 0.25) is 0 Å². The zero-order valence-corrected chi connectivity index (χ0v) is 19.7. The first-order valence-electron chi connectivity index (χ1n) is 10.0. The SMILES string of the molecule is COc1ccc(C(=O)CSc2ccc(NC(=O)c3c(OC)cccc3OC)cc2)cc1OC. The number of Topliss-reactive ketones (excluding diaryl/α,β-unsaturated/α-hetero) is 1. The molecule has 0 spiro atoms. The van der Waals surface area contributed by atoms with Crippen molar-refractivity contribution in [3.05, 3.63) is 71.8 Å². The number of rotatable bonds is 10.